The van der Waals surface area contributed by atoms with Gasteiger partial charge in [-0.05, 0) is 48.6 Å². The van der Waals surface area contributed by atoms with Gasteiger partial charge < -0.3 is 0 Å². The van der Waals surface area contributed by atoms with E-state index < -0.39 is 0 Å². The van der Waals surface area contributed by atoms with Crippen molar-refractivity contribution in [2.45, 2.75) is 42.9 Å². The molecule has 0 aliphatic heterocycles. The summed E-state index contributed by atoms with van der Waals surface area (Å²) in [4.78, 5) is 26.8. The summed E-state index contributed by atoms with van der Waals surface area (Å²) in [6, 6.07) is 17.6. The summed E-state index contributed by atoms with van der Waals surface area (Å²) in [5.74, 6) is 2.56. The third-order valence-corrected chi connectivity index (χ3v) is 7.60. The van der Waals surface area contributed by atoms with Gasteiger partial charge in [-0.25, -0.2) is 5.43 Å². The molecule has 5 rings (SSSR count). The average molecular weight is 420 g/mol. The molecular weight excluding hydrogens is 394 g/mol. The molecule has 0 spiro atoms. The number of hydrogen-bond acceptors (Lipinski definition) is 4. The Balaban J connectivity index is 1.38. The molecule has 2 bridgehead atoms. The van der Waals surface area contributed by atoms with Crippen LogP contribution < -0.4 is 11.0 Å². The number of rotatable bonds is 6. The monoisotopic (exact) mass is 419 g/mol. The normalized spacial score (nSPS) is 22.5. The maximum absolute atomic E-state index is 12.9. The van der Waals surface area contributed by atoms with E-state index in [2.05, 4.69) is 22.7 Å². The van der Waals surface area contributed by atoms with Crippen molar-refractivity contribution in [1.29, 1.82) is 0 Å². The van der Waals surface area contributed by atoms with Crippen molar-refractivity contribution in [2.24, 2.45) is 17.8 Å². The lowest BCUT2D eigenvalue weighted by molar-refractivity contribution is -0.118. The number of carbonyl (C=O) groups is 1. The van der Waals surface area contributed by atoms with Gasteiger partial charge in [-0.2, -0.15) is 0 Å². The molecule has 1 aromatic heterocycles. The van der Waals surface area contributed by atoms with Gasteiger partial charge in [0.15, 0.2) is 0 Å². The number of thioether (sulfide) groups is 1. The summed E-state index contributed by atoms with van der Waals surface area (Å²) in [6.45, 7) is 0. The van der Waals surface area contributed by atoms with E-state index in [0.717, 1.165) is 33.3 Å². The predicted octanol–water partition coefficient (Wildman–Crippen LogP) is 4.59. The minimum atomic E-state index is -0.282. The molecule has 6 heteroatoms. The molecule has 2 aliphatic rings. The van der Waals surface area contributed by atoms with E-state index >= 15 is 0 Å². The number of nitrogens with zero attached hydrogens (tertiary/aromatic N) is 2. The number of aromatic nitrogens is 2. The van der Waals surface area contributed by atoms with Crippen LogP contribution in [0.3, 0.4) is 0 Å². The second-order valence-corrected chi connectivity index (χ2v) is 9.48. The lowest BCUT2D eigenvalue weighted by Gasteiger charge is -2.21. The number of benzene rings is 2. The largest absolute Gasteiger partial charge is 0.294 e. The Morgan fingerprint density at radius 1 is 1.03 bits per heavy atom. The van der Waals surface area contributed by atoms with Gasteiger partial charge in [-0.1, -0.05) is 66.7 Å². The van der Waals surface area contributed by atoms with Crippen molar-refractivity contribution < 1.29 is 4.79 Å². The van der Waals surface area contributed by atoms with Crippen LogP contribution in [-0.4, -0.2) is 15.8 Å². The van der Waals surface area contributed by atoms with Gasteiger partial charge in [0, 0.05) is 17.6 Å². The van der Waals surface area contributed by atoms with Crippen LogP contribution in [0.5, 0.6) is 0 Å². The molecule has 3 unspecified atom stereocenters. The summed E-state index contributed by atoms with van der Waals surface area (Å²) in [5.41, 5.74) is 3.67. The first-order valence-electron chi connectivity index (χ1n) is 10.7. The fourth-order valence-electron chi connectivity index (χ4n) is 5.10. The third kappa shape index (κ3) is 3.88. The highest BCUT2D eigenvalue weighted by Gasteiger charge is 2.40. The molecule has 0 radical (unpaired) electrons. The highest BCUT2D eigenvalue weighted by Crippen LogP contribution is 2.49. The molecule has 1 amide bonds. The molecule has 2 aliphatic carbocycles. The first kappa shape index (κ1) is 19.4. The summed E-state index contributed by atoms with van der Waals surface area (Å²) in [7, 11) is 0. The van der Waals surface area contributed by atoms with Crippen LogP contribution in [0.2, 0.25) is 0 Å². The summed E-state index contributed by atoms with van der Waals surface area (Å²) in [5, 5.41) is 6.65. The van der Waals surface area contributed by atoms with Gasteiger partial charge in [0.25, 0.3) is 5.56 Å². The summed E-state index contributed by atoms with van der Waals surface area (Å²) in [6.07, 6.45) is 5.46. The zero-order valence-corrected chi connectivity index (χ0v) is 17.6. The smallest absolute Gasteiger partial charge is 0.273 e. The maximum atomic E-state index is 12.9. The molecule has 2 saturated carbocycles. The number of nitrogens with one attached hydrogen (secondary N) is 1. The molecule has 3 atom stereocenters. The number of carbonyl (C=O) groups excluding carboxylic acids is 1. The van der Waals surface area contributed by atoms with E-state index in [4.69, 9.17) is 0 Å². The predicted molar refractivity (Wildman–Crippen MR) is 120 cm³/mol. The summed E-state index contributed by atoms with van der Waals surface area (Å²) < 4.78 is 0. The minimum absolute atomic E-state index is 0.114. The fraction of sp³-hybridized carbons (Fsp3) is 0.375. The average Bonchev–Trinajstić information content (AvgIpc) is 3.39. The van der Waals surface area contributed by atoms with Crippen LogP contribution in [0.25, 0.3) is 10.8 Å². The van der Waals surface area contributed by atoms with Crippen molar-refractivity contribution in [1.82, 2.24) is 9.89 Å². The molecule has 30 heavy (non-hydrogen) atoms. The molecule has 2 aromatic carbocycles. The Kier molecular flexibility index (Phi) is 5.34. The van der Waals surface area contributed by atoms with Gasteiger partial charge in [0.2, 0.25) is 5.91 Å². The van der Waals surface area contributed by atoms with E-state index in [-0.39, 0.29) is 11.5 Å². The van der Waals surface area contributed by atoms with Gasteiger partial charge in [0.05, 0.1) is 5.39 Å². The molecule has 154 valence electrons. The van der Waals surface area contributed by atoms with Crippen LogP contribution in [0.1, 0.15) is 37.7 Å². The van der Waals surface area contributed by atoms with Crippen molar-refractivity contribution in [3.8, 4) is 0 Å². The first-order chi connectivity index (χ1) is 14.7. The maximum Gasteiger partial charge on any atom is 0.294 e. The van der Waals surface area contributed by atoms with Crippen molar-refractivity contribution >= 4 is 28.4 Å². The highest BCUT2D eigenvalue weighted by molar-refractivity contribution is 7.98. The standard InChI is InChI=1S/C24H25N3O2S/c28-22(14-19-13-17-10-11-18(19)12-17)25-27-24(29)21-9-5-4-8-20(21)23(26-27)30-15-16-6-2-1-3-7-16/h1-9,17-19H,10-15H2,(H,25,28). The number of amides is 1. The number of hydrogen-bond donors (Lipinski definition) is 1. The van der Waals surface area contributed by atoms with Gasteiger partial charge >= 0.3 is 0 Å². The quantitative estimate of drug-likeness (QED) is 0.594. The second kappa shape index (κ2) is 8.26. The first-order valence-corrected chi connectivity index (χ1v) is 11.6. The van der Waals surface area contributed by atoms with E-state index in [1.54, 1.807) is 17.8 Å². The number of fused-ring (bicyclic) bond motifs is 3. The Hall–Kier alpha value is -2.60. The molecule has 5 nitrogen and oxygen atoms in total. The van der Waals surface area contributed by atoms with Gasteiger partial charge in [0.1, 0.15) is 5.03 Å². The van der Waals surface area contributed by atoms with Crippen LogP contribution in [0, 0.1) is 17.8 Å². The topological polar surface area (TPSA) is 64.0 Å². The van der Waals surface area contributed by atoms with E-state index in [9.17, 15) is 9.59 Å². The van der Waals surface area contributed by atoms with Gasteiger partial charge in [-0.15, -0.1) is 9.89 Å². The second-order valence-electron chi connectivity index (χ2n) is 8.52. The molecule has 3 aromatic rings. The Morgan fingerprint density at radius 3 is 2.53 bits per heavy atom. The van der Waals surface area contributed by atoms with Crippen molar-refractivity contribution in [3.05, 3.63) is 70.5 Å². The third-order valence-electron chi connectivity index (χ3n) is 6.55. The molecule has 0 saturated heterocycles. The van der Waals surface area contributed by atoms with E-state index in [1.807, 2.05) is 36.4 Å². The Morgan fingerprint density at radius 2 is 1.80 bits per heavy atom. The molecule has 1 N–H and O–H groups in total. The summed E-state index contributed by atoms with van der Waals surface area (Å²) >= 11 is 1.57. The zero-order chi connectivity index (χ0) is 20.5. The van der Waals surface area contributed by atoms with E-state index in [1.165, 1.54) is 24.8 Å². The zero-order valence-electron chi connectivity index (χ0n) is 16.8. The Bertz CT molecular complexity index is 1130. The van der Waals surface area contributed by atoms with Crippen LogP contribution >= 0.6 is 11.8 Å². The SMILES string of the molecule is O=C(CC1CC2CCC1C2)Nn1nc(SCc2ccccc2)c2ccccc2c1=O. The lowest BCUT2D eigenvalue weighted by atomic mass is 9.86. The van der Waals surface area contributed by atoms with Crippen molar-refractivity contribution in [2.75, 3.05) is 5.43 Å². The fourth-order valence-corrected chi connectivity index (χ4v) is 6.07. The van der Waals surface area contributed by atoms with Crippen LogP contribution in [-0.2, 0) is 10.5 Å². The van der Waals surface area contributed by atoms with Crippen molar-refractivity contribution in [3.63, 3.8) is 0 Å². The van der Waals surface area contributed by atoms with Gasteiger partial charge in [-0.3, -0.25) is 9.59 Å². The molecular formula is C24H25N3O2S. The van der Waals surface area contributed by atoms with E-state index in [0.29, 0.717) is 23.6 Å². The van der Waals surface area contributed by atoms with Crippen LogP contribution in [0.15, 0.2) is 64.4 Å². The molecule has 2 fully saturated rings. The minimum Gasteiger partial charge on any atom is -0.273 e. The molecule has 1 heterocycles. The highest BCUT2D eigenvalue weighted by atomic mass is 32.2. The van der Waals surface area contributed by atoms with Crippen LogP contribution in [0.4, 0.5) is 0 Å². The lowest BCUT2D eigenvalue weighted by Crippen LogP contribution is -2.36. The Labute approximate surface area is 179 Å².